The highest BCUT2D eigenvalue weighted by molar-refractivity contribution is 6.33. The summed E-state index contributed by atoms with van der Waals surface area (Å²) in [6, 6.07) is 11.4. The number of amides is 4. The molecular formula is C33H34ClN7O5. The van der Waals surface area contributed by atoms with Gasteiger partial charge in [0.2, 0.25) is 11.8 Å². The minimum absolute atomic E-state index is 0.0938. The fourth-order valence-electron chi connectivity index (χ4n) is 7.20. The van der Waals surface area contributed by atoms with Crippen molar-refractivity contribution in [3.8, 4) is 0 Å². The third-order valence-corrected chi connectivity index (χ3v) is 9.84. The van der Waals surface area contributed by atoms with Crippen LogP contribution < -0.4 is 16.2 Å². The van der Waals surface area contributed by atoms with E-state index >= 15 is 0 Å². The van der Waals surface area contributed by atoms with Gasteiger partial charge >= 0.3 is 0 Å². The number of likely N-dealkylation sites (N-methyl/N-ethyl adjacent to an activating group) is 1. The molecule has 0 radical (unpaired) electrons. The summed E-state index contributed by atoms with van der Waals surface area (Å²) in [7, 11) is 3.66. The summed E-state index contributed by atoms with van der Waals surface area (Å²) in [5.41, 5.74) is 5.26. The first kappa shape index (κ1) is 30.3. The van der Waals surface area contributed by atoms with E-state index in [1.165, 1.54) is 10.2 Å². The lowest BCUT2D eigenvalue weighted by Gasteiger charge is -2.37. The molecule has 2 N–H and O–H groups in total. The molecule has 4 aliphatic heterocycles. The van der Waals surface area contributed by atoms with Crippen LogP contribution in [0.1, 0.15) is 68.2 Å². The highest BCUT2D eigenvalue weighted by Gasteiger charge is 2.45. The van der Waals surface area contributed by atoms with Crippen LogP contribution in [0, 0.1) is 0 Å². The van der Waals surface area contributed by atoms with Crippen LogP contribution in [0.2, 0.25) is 5.02 Å². The number of benzene rings is 2. The lowest BCUT2D eigenvalue weighted by atomic mass is 9.87. The number of carbonyl (C=O) groups excluding carboxylic acids is 4. The third-order valence-electron chi connectivity index (χ3n) is 9.48. The number of hydrogen-bond donors (Lipinski definition) is 2. The largest absolute Gasteiger partial charge is 0.378 e. The molecule has 5 heterocycles. The molecule has 0 saturated carbocycles. The Morgan fingerprint density at radius 3 is 2.28 bits per heavy atom. The summed E-state index contributed by atoms with van der Waals surface area (Å²) in [5.74, 6) is -1.66. The van der Waals surface area contributed by atoms with Crippen LogP contribution in [-0.2, 0) is 36.3 Å². The predicted molar refractivity (Wildman–Crippen MR) is 169 cm³/mol. The molecule has 4 aliphatic rings. The van der Waals surface area contributed by atoms with Gasteiger partial charge in [0.15, 0.2) is 0 Å². The van der Waals surface area contributed by atoms with Gasteiger partial charge in [0.1, 0.15) is 11.1 Å². The quantitative estimate of drug-likeness (QED) is 0.388. The van der Waals surface area contributed by atoms with E-state index in [9.17, 15) is 24.0 Å². The maximum absolute atomic E-state index is 13.2. The third kappa shape index (κ3) is 5.50. The normalized spacial score (nSPS) is 23.5. The molecule has 2 fully saturated rings. The van der Waals surface area contributed by atoms with Crippen molar-refractivity contribution in [3.05, 3.63) is 91.4 Å². The van der Waals surface area contributed by atoms with Crippen molar-refractivity contribution in [1.82, 2.24) is 29.8 Å². The molecule has 2 aromatic carbocycles. The first-order valence-corrected chi connectivity index (χ1v) is 15.8. The van der Waals surface area contributed by atoms with Crippen LogP contribution in [0.3, 0.4) is 0 Å². The Balaban J connectivity index is 0.991. The number of aromatic nitrogens is 2. The van der Waals surface area contributed by atoms with E-state index in [-0.39, 0.29) is 29.5 Å². The molecule has 12 nitrogen and oxygen atoms in total. The topological polar surface area (TPSA) is 137 Å². The molecule has 4 amide bonds. The summed E-state index contributed by atoms with van der Waals surface area (Å²) in [5, 5.41) is 9.91. The second-order valence-corrected chi connectivity index (χ2v) is 13.2. The zero-order valence-corrected chi connectivity index (χ0v) is 26.3. The predicted octanol–water partition coefficient (Wildman–Crippen LogP) is 2.25. The van der Waals surface area contributed by atoms with E-state index < -0.39 is 29.7 Å². The number of fused-ring (bicyclic) bond motifs is 2. The van der Waals surface area contributed by atoms with Crippen LogP contribution in [0.25, 0.3) is 0 Å². The van der Waals surface area contributed by atoms with E-state index in [4.69, 9.17) is 11.6 Å². The fourth-order valence-corrected chi connectivity index (χ4v) is 7.43. The Hall–Kier alpha value is -4.39. The standard InChI is InChI=1S/C33H34ClN7O5/c1-38-14-20(9-23(17-38)36-26-12-35-39(2)33(46)29(26)34)19-5-3-18(4-6-19)13-40-15-21-10-24-25(11-22(21)16-40)32(45)41(31(24)44)27-7-8-28(42)37-30(27)43/h3-6,10-12,20,23,27,36H,7-9,13-17H2,1-2H3,(H,37,42,43). The molecule has 0 spiro atoms. The fraction of sp³-hybridized carbons (Fsp3) is 0.394. The molecular weight excluding hydrogens is 610 g/mol. The molecule has 1 aromatic heterocycles. The van der Waals surface area contributed by atoms with Crippen molar-refractivity contribution in [3.63, 3.8) is 0 Å². The van der Waals surface area contributed by atoms with Gasteiger partial charge in [0.25, 0.3) is 17.4 Å². The zero-order chi connectivity index (χ0) is 32.3. The first-order chi connectivity index (χ1) is 22.0. The van der Waals surface area contributed by atoms with Gasteiger partial charge in [0, 0.05) is 52.2 Å². The molecule has 13 heteroatoms. The van der Waals surface area contributed by atoms with Crippen LogP contribution in [-0.4, -0.2) is 80.3 Å². The number of anilines is 1. The number of imide groups is 2. The van der Waals surface area contributed by atoms with Crippen molar-refractivity contribution < 1.29 is 19.2 Å². The number of nitrogens with one attached hydrogen (secondary N) is 2. The number of halogens is 1. The van der Waals surface area contributed by atoms with Gasteiger partial charge in [-0.25, -0.2) is 4.68 Å². The van der Waals surface area contributed by atoms with Gasteiger partial charge in [-0.15, -0.1) is 0 Å². The Morgan fingerprint density at radius 1 is 0.957 bits per heavy atom. The highest BCUT2D eigenvalue weighted by atomic mass is 35.5. The van der Waals surface area contributed by atoms with Gasteiger partial charge in [-0.2, -0.15) is 5.10 Å². The number of piperidine rings is 2. The summed E-state index contributed by atoms with van der Waals surface area (Å²) < 4.78 is 1.22. The maximum Gasteiger partial charge on any atom is 0.287 e. The molecule has 2 saturated heterocycles. The van der Waals surface area contributed by atoms with Crippen LogP contribution >= 0.6 is 11.6 Å². The molecule has 7 rings (SSSR count). The number of carbonyl (C=O) groups is 4. The molecule has 46 heavy (non-hydrogen) atoms. The van der Waals surface area contributed by atoms with Crippen molar-refractivity contribution >= 4 is 40.9 Å². The Bertz CT molecular complexity index is 1800. The second kappa shape index (κ2) is 11.8. The Labute approximate surface area is 270 Å². The number of rotatable bonds is 6. The molecule has 3 aromatic rings. The van der Waals surface area contributed by atoms with E-state index in [1.54, 1.807) is 25.4 Å². The van der Waals surface area contributed by atoms with Crippen LogP contribution in [0.4, 0.5) is 5.69 Å². The van der Waals surface area contributed by atoms with E-state index in [0.717, 1.165) is 41.1 Å². The van der Waals surface area contributed by atoms with Gasteiger partial charge in [0.05, 0.1) is 23.0 Å². The summed E-state index contributed by atoms with van der Waals surface area (Å²) in [4.78, 5) is 68.2. The Morgan fingerprint density at radius 2 is 1.63 bits per heavy atom. The molecule has 0 aliphatic carbocycles. The monoisotopic (exact) mass is 643 g/mol. The molecule has 3 atom stereocenters. The molecule has 3 unspecified atom stereocenters. The van der Waals surface area contributed by atoms with Gasteiger partial charge in [-0.3, -0.25) is 39.1 Å². The SMILES string of the molecule is CN1CC(Nc2cnn(C)c(=O)c2Cl)CC(c2ccc(CN3Cc4cc5c(cc4C3)C(=O)N(C3CCC(=O)NC3=O)C5=O)cc2)C1. The van der Waals surface area contributed by atoms with E-state index in [2.05, 4.69) is 56.8 Å². The van der Waals surface area contributed by atoms with Gasteiger partial charge in [-0.1, -0.05) is 35.9 Å². The summed E-state index contributed by atoms with van der Waals surface area (Å²) in [6.07, 6.45) is 2.72. The Kier molecular flexibility index (Phi) is 7.74. The number of likely N-dealkylation sites (tertiary alicyclic amines) is 1. The van der Waals surface area contributed by atoms with Crippen LogP contribution in [0.15, 0.2) is 47.4 Å². The van der Waals surface area contributed by atoms with Crippen LogP contribution in [0.5, 0.6) is 0 Å². The summed E-state index contributed by atoms with van der Waals surface area (Å²) >= 11 is 6.30. The van der Waals surface area contributed by atoms with Gasteiger partial charge < -0.3 is 10.2 Å². The number of aryl methyl sites for hydroxylation is 1. The second-order valence-electron chi connectivity index (χ2n) is 12.8. The number of hydrogen-bond acceptors (Lipinski definition) is 9. The molecule has 238 valence electrons. The zero-order valence-electron chi connectivity index (χ0n) is 25.6. The maximum atomic E-state index is 13.2. The summed E-state index contributed by atoms with van der Waals surface area (Å²) in [6.45, 7) is 3.75. The van der Waals surface area contributed by atoms with Crippen molar-refractivity contribution in [1.29, 1.82) is 0 Å². The number of nitrogens with zero attached hydrogens (tertiary/aromatic N) is 5. The van der Waals surface area contributed by atoms with E-state index in [0.29, 0.717) is 42.4 Å². The average Bonchev–Trinajstić information content (AvgIpc) is 3.53. The smallest absolute Gasteiger partial charge is 0.287 e. The lowest BCUT2D eigenvalue weighted by Crippen LogP contribution is -2.54. The minimum atomic E-state index is -0.967. The van der Waals surface area contributed by atoms with Gasteiger partial charge in [-0.05, 0) is 60.2 Å². The lowest BCUT2D eigenvalue weighted by molar-refractivity contribution is -0.136. The van der Waals surface area contributed by atoms with Crippen molar-refractivity contribution in [2.45, 2.75) is 56.9 Å². The van der Waals surface area contributed by atoms with E-state index in [1.807, 2.05) is 0 Å². The van der Waals surface area contributed by atoms with Crippen molar-refractivity contribution in [2.75, 3.05) is 25.5 Å². The van der Waals surface area contributed by atoms with Crippen molar-refractivity contribution in [2.24, 2.45) is 7.05 Å². The first-order valence-electron chi connectivity index (χ1n) is 15.4. The molecule has 0 bridgehead atoms. The average molecular weight is 644 g/mol. The minimum Gasteiger partial charge on any atom is -0.378 e. The highest BCUT2D eigenvalue weighted by Crippen LogP contribution is 2.34.